The molecule has 1 atom stereocenters. The van der Waals surface area contributed by atoms with Crippen LogP contribution in [0.15, 0.2) is 24.7 Å². The van der Waals surface area contributed by atoms with Gasteiger partial charge in [0.05, 0.1) is 47.5 Å². The van der Waals surface area contributed by atoms with Crippen LogP contribution in [0.25, 0.3) is 21.1 Å². The highest BCUT2D eigenvalue weighted by molar-refractivity contribution is 7.19. The summed E-state index contributed by atoms with van der Waals surface area (Å²) >= 11 is 1.69. The number of fused-ring (bicyclic) bond motifs is 4. The minimum atomic E-state index is 0.0258. The van der Waals surface area contributed by atoms with Gasteiger partial charge in [-0.1, -0.05) is 0 Å². The number of thiophene rings is 1. The highest BCUT2D eigenvalue weighted by Gasteiger charge is 2.51. The number of carbonyl (C=O) groups excluding carboxylic acids is 1. The van der Waals surface area contributed by atoms with E-state index in [0.29, 0.717) is 5.91 Å². The highest BCUT2D eigenvalue weighted by atomic mass is 32.1. The molecular formula is C26H28N6O3S. The summed E-state index contributed by atoms with van der Waals surface area (Å²) < 4.78 is 11.5. The number of amides is 1. The Kier molecular flexibility index (Phi) is 4.97. The minimum absolute atomic E-state index is 0.0258. The Morgan fingerprint density at radius 1 is 1.31 bits per heavy atom. The molecule has 2 fully saturated rings. The molecule has 0 saturated carbocycles. The van der Waals surface area contributed by atoms with Crippen molar-refractivity contribution in [3.63, 3.8) is 0 Å². The summed E-state index contributed by atoms with van der Waals surface area (Å²) in [4.78, 5) is 26.6. The summed E-state index contributed by atoms with van der Waals surface area (Å²) in [7, 11) is 0. The zero-order valence-electron chi connectivity index (χ0n) is 20.3. The van der Waals surface area contributed by atoms with E-state index >= 15 is 0 Å². The fourth-order valence-electron chi connectivity index (χ4n) is 5.71. The molecule has 5 heterocycles. The van der Waals surface area contributed by atoms with Crippen LogP contribution >= 0.6 is 11.3 Å². The molecule has 0 bridgehead atoms. The molecule has 2 N–H and O–H groups in total. The van der Waals surface area contributed by atoms with Gasteiger partial charge in [-0.05, 0) is 44.7 Å². The number of benzene rings is 1. The Balaban J connectivity index is 1.18. The maximum atomic E-state index is 13.2. The van der Waals surface area contributed by atoms with E-state index in [-0.39, 0.29) is 17.4 Å². The number of ether oxygens (including phenoxy) is 2. The van der Waals surface area contributed by atoms with E-state index in [0.717, 1.165) is 83.9 Å². The predicted molar refractivity (Wildman–Crippen MR) is 138 cm³/mol. The quantitative estimate of drug-likeness (QED) is 0.422. The number of anilines is 2. The summed E-state index contributed by atoms with van der Waals surface area (Å²) in [6, 6.07) is 4.00. The second-order valence-corrected chi connectivity index (χ2v) is 11.7. The number of aryl methyl sites for hydroxylation is 1. The molecule has 1 amide bonds. The van der Waals surface area contributed by atoms with Gasteiger partial charge in [0, 0.05) is 35.3 Å². The van der Waals surface area contributed by atoms with Gasteiger partial charge in [0.2, 0.25) is 5.91 Å². The van der Waals surface area contributed by atoms with Crippen LogP contribution < -0.4 is 10.1 Å². The maximum Gasteiger partial charge on any atom is 0.226 e. The number of nitrogens with zero attached hydrogens (tertiary/aromatic N) is 4. The van der Waals surface area contributed by atoms with Gasteiger partial charge in [-0.3, -0.25) is 9.89 Å². The first-order valence-corrected chi connectivity index (χ1v) is 13.3. The van der Waals surface area contributed by atoms with Crippen molar-refractivity contribution in [1.29, 1.82) is 0 Å². The third-order valence-corrected chi connectivity index (χ3v) is 8.69. The van der Waals surface area contributed by atoms with E-state index < -0.39 is 0 Å². The van der Waals surface area contributed by atoms with Crippen LogP contribution in [-0.4, -0.2) is 63.4 Å². The zero-order valence-corrected chi connectivity index (χ0v) is 21.2. The molecule has 1 aliphatic carbocycles. The molecule has 9 nitrogen and oxygen atoms in total. The molecule has 1 spiro atoms. The smallest absolute Gasteiger partial charge is 0.226 e. The van der Waals surface area contributed by atoms with Gasteiger partial charge in [0.15, 0.2) is 0 Å². The average molecular weight is 505 g/mol. The lowest BCUT2D eigenvalue weighted by molar-refractivity contribution is -0.197. The third kappa shape index (κ3) is 3.54. The Morgan fingerprint density at radius 3 is 2.94 bits per heavy atom. The standard InChI is InChI=1S/C26H28N6O3S/c1-14(2)35-20-7-18-16(8-29-31-18)5-19(20)30-23-22-17-4-3-15(6-21(17)36-24(22)28-13-27-23)25(33)32-9-26(10-32)11-34-12-26/h5,7-8,13-15H,3-4,6,9-12H2,1-2H3,(H,29,31)(H,27,28,30)/t15-/m0/s1. The van der Waals surface area contributed by atoms with Gasteiger partial charge in [0.25, 0.3) is 0 Å². The number of carbonyl (C=O) groups is 1. The largest absolute Gasteiger partial charge is 0.489 e. The van der Waals surface area contributed by atoms with E-state index in [2.05, 4.69) is 25.5 Å². The molecular weight excluding hydrogens is 476 g/mol. The molecule has 0 unspecified atom stereocenters. The van der Waals surface area contributed by atoms with Crippen LogP contribution in [0.3, 0.4) is 0 Å². The van der Waals surface area contributed by atoms with E-state index in [9.17, 15) is 4.79 Å². The topological polar surface area (TPSA) is 105 Å². The summed E-state index contributed by atoms with van der Waals surface area (Å²) in [5.41, 5.74) is 3.28. The van der Waals surface area contributed by atoms with Gasteiger partial charge < -0.3 is 19.7 Å². The molecule has 3 aliphatic rings. The number of hydrogen-bond donors (Lipinski definition) is 2. The molecule has 3 aromatic heterocycles. The summed E-state index contributed by atoms with van der Waals surface area (Å²) in [6.45, 7) is 7.32. The maximum absolute atomic E-state index is 13.2. The van der Waals surface area contributed by atoms with Crippen molar-refractivity contribution >= 4 is 49.9 Å². The average Bonchev–Trinajstić information content (AvgIpc) is 3.40. The first-order valence-electron chi connectivity index (χ1n) is 12.5. The molecule has 2 saturated heterocycles. The number of aromatic nitrogens is 4. The monoisotopic (exact) mass is 504 g/mol. The predicted octanol–water partition coefficient (Wildman–Crippen LogP) is 4.06. The van der Waals surface area contributed by atoms with Crippen LogP contribution in [0.5, 0.6) is 5.75 Å². The number of likely N-dealkylation sites (tertiary alicyclic amines) is 1. The van der Waals surface area contributed by atoms with E-state index in [4.69, 9.17) is 9.47 Å². The number of hydrogen-bond acceptors (Lipinski definition) is 8. The zero-order chi connectivity index (χ0) is 24.4. The Morgan fingerprint density at radius 2 is 2.17 bits per heavy atom. The van der Waals surface area contributed by atoms with Crippen molar-refractivity contribution in [2.24, 2.45) is 11.3 Å². The van der Waals surface area contributed by atoms with Crippen molar-refractivity contribution < 1.29 is 14.3 Å². The summed E-state index contributed by atoms with van der Waals surface area (Å²) in [5, 5.41) is 12.8. The lowest BCUT2D eigenvalue weighted by atomic mass is 9.76. The van der Waals surface area contributed by atoms with Crippen LogP contribution in [-0.2, 0) is 22.4 Å². The van der Waals surface area contributed by atoms with Crippen molar-refractivity contribution in [1.82, 2.24) is 25.1 Å². The fraction of sp³-hybridized carbons (Fsp3) is 0.462. The number of H-pyrrole nitrogens is 1. The lowest BCUT2D eigenvalue weighted by Crippen LogP contribution is -2.68. The molecule has 36 heavy (non-hydrogen) atoms. The Labute approximate surface area is 212 Å². The van der Waals surface area contributed by atoms with Crippen LogP contribution in [0.2, 0.25) is 0 Å². The van der Waals surface area contributed by atoms with Crippen molar-refractivity contribution in [2.45, 2.75) is 39.2 Å². The molecule has 10 heteroatoms. The van der Waals surface area contributed by atoms with Crippen molar-refractivity contribution in [3.8, 4) is 5.75 Å². The SMILES string of the molecule is CC(C)Oc1cc2[nH]ncc2cc1Nc1ncnc2sc3c(c12)CC[C@H](C(=O)N1CC2(COC2)C1)C3. The van der Waals surface area contributed by atoms with Crippen LogP contribution in [0.1, 0.15) is 30.7 Å². The molecule has 4 aromatic rings. The normalized spacial score (nSPS) is 20.4. The van der Waals surface area contributed by atoms with Crippen LogP contribution in [0, 0.1) is 11.3 Å². The Bertz CT molecular complexity index is 1480. The number of rotatable bonds is 5. The van der Waals surface area contributed by atoms with Gasteiger partial charge in [-0.15, -0.1) is 11.3 Å². The molecule has 7 rings (SSSR count). The van der Waals surface area contributed by atoms with E-state index in [1.165, 1.54) is 10.4 Å². The molecule has 1 aromatic carbocycles. The van der Waals surface area contributed by atoms with E-state index in [1.54, 1.807) is 23.9 Å². The first-order chi connectivity index (χ1) is 17.5. The van der Waals surface area contributed by atoms with Gasteiger partial charge in [-0.2, -0.15) is 5.10 Å². The lowest BCUT2D eigenvalue weighted by Gasteiger charge is -2.55. The van der Waals surface area contributed by atoms with Gasteiger partial charge in [0.1, 0.15) is 22.7 Å². The van der Waals surface area contributed by atoms with Gasteiger partial charge in [-0.25, -0.2) is 9.97 Å². The van der Waals surface area contributed by atoms with Crippen molar-refractivity contribution in [2.75, 3.05) is 31.6 Å². The minimum Gasteiger partial charge on any atom is -0.489 e. The number of nitrogens with one attached hydrogen (secondary N) is 2. The molecule has 186 valence electrons. The second kappa shape index (κ2) is 8.14. The number of aromatic amines is 1. The molecule has 2 aliphatic heterocycles. The van der Waals surface area contributed by atoms with E-state index in [1.807, 2.05) is 30.9 Å². The first kappa shape index (κ1) is 22.0. The summed E-state index contributed by atoms with van der Waals surface area (Å²) in [5.74, 6) is 1.85. The fourth-order valence-corrected chi connectivity index (χ4v) is 6.98. The van der Waals surface area contributed by atoms with Gasteiger partial charge >= 0.3 is 0 Å². The molecule has 0 radical (unpaired) electrons. The summed E-state index contributed by atoms with van der Waals surface area (Å²) in [6.07, 6.45) is 5.92. The third-order valence-electron chi connectivity index (χ3n) is 7.53. The van der Waals surface area contributed by atoms with Crippen LogP contribution in [0.4, 0.5) is 11.5 Å². The van der Waals surface area contributed by atoms with Crippen molar-refractivity contribution in [3.05, 3.63) is 35.1 Å². The second-order valence-electron chi connectivity index (χ2n) is 10.6. The Hall–Kier alpha value is -3.24. The highest BCUT2D eigenvalue weighted by Crippen LogP contribution is 2.44.